The van der Waals surface area contributed by atoms with Crippen molar-refractivity contribution in [3.05, 3.63) is 29.6 Å². The van der Waals surface area contributed by atoms with Gasteiger partial charge >= 0.3 is 0 Å². The highest BCUT2D eigenvalue weighted by Crippen LogP contribution is 2.26. The van der Waals surface area contributed by atoms with Gasteiger partial charge in [-0.3, -0.25) is 4.98 Å². The maximum absolute atomic E-state index is 4.28. The summed E-state index contributed by atoms with van der Waals surface area (Å²) < 4.78 is 0. The van der Waals surface area contributed by atoms with Crippen molar-refractivity contribution < 1.29 is 0 Å². The molecule has 1 heterocycles. The lowest BCUT2D eigenvalue weighted by molar-refractivity contribution is 0.228. The third-order valence-electron chi connectivity index (χ3n) is 3.29. The molecule has 2 rings (SSSR count). The molecule has 1 aliphatic carbocycles. The average Bonchev–Trinajstić information content (AvgIpc) is 2.19. The molecule has 2 atom stereocenters. The van der Waals surface area contributed by atoms with Crippen molar-refractivity contribution in [2.24, 2.45) is 5.92 Å². The maximum atomic E-state index is 4.28. The first-order valence-electron chi connectivity index (χ1n) is 5.41. The molecular formula is C12H18N2. The van der Waals surface area contributed by atoms with E-state index in [0.29, 0.717) is 0 Å². The van der Waals surface area contributed by atoms with E-state index in [-0.39, 0.29) is 0 Å². The van der Waals surface area contributed by atoms with Crippen molar-refractivity contribution in [3.63, 3.8) is 0 Å². The molecule has 1 fully saturated rings. The predicted octanol–water partition coefficient (Wildman–Crippen LogP) is 2.28. The number of nitrogens with zero attached hydrogens (tertiary/aromatic N) is 1. The molecule has 0 saturated heterocycles. The normalized spacial score (nSPS) is 25.9. The molecule has 0 aliphatic heterocycles. The Morgan fingerprint density at radius 3 is 2.93 bits per heavy atom. The molecule has 0 spiro atoms. The van der Waals surface area contributed by atoms with E-state index < -0.39 is 0 Å². The molecule has 0 amide bonds. The fourth-order valence-electron chi connectivity index (χ4n) is 1.92. The Morgan fingerprint density at radius 1 is 1.50 bits per heavy atom. The molecule has 1 N–H and O–H groups in total. The molecule has 1 aromatic heterocycles. The molecule has 1 saturated carbocycles. The zero-order chi connectivity index (χ0) is 9.97. The van der Waals surface area contributed by atoms with Crippen LogP contribution in [0.25, 0.3) is 0 Å². The van der Waals surface area contributed by atoms with Gasteiger partial charge in [0.2, 0.25) is 0 Å². The summed E-state index contributed by atoms with van der Waals surface area (Å²) in [7, 11) is 0. The van der Waals surface area contributed by atoms with Crippen LogP contribution in [0, 0.1) is 12.8 Å². The van der Waals surface area contributed by atoms with E-state index in [0.717, 1.165) is 24.2 Å². The minimum atomic E-state index is 0.731. The van der Waals surface area contributed by atoms with Crippen LogP contribution in [-0.4, -0.2) is 11.0 Å². The topological polar surface area (TPSA) is 24.9 Å². The smallest absolute Gasteiger partial charge is 0.0417 e. The van der Waals surface area contributed by atoms with Crippen molar-refractivity contribution in [2.75, 3.05) is 0 Å². The van der Waals surface area contributed by atoms with Gasteiger partial charge in [0.1, 0.15) is 0 Å². The van der Waals surface area contributed by atoms with Crippen LogP contribution in [0.15, 0.2) is 18.3 Å². The Labute approximate surface area is 85.7 Å². The van der Waals surface area contributed by atoms with E-state index in [2.05, 4.69) is 30.2 Å². The van der Waals surface area contributed by atoms with Crippen LogP contribution in [0.4, 0.5) is 0 Å². The number of pyridine rings is 1. The van der Waals surface area contributed by atoms with E-state index in [1.807, 2.05) is 12.3 Å². The van der Waals surface area contributed by atoms with Crippen LogP contribution in [0.2, 0.25) is 0 Å². The lowest BCUT2D eigenvalue weighted by Crippen LogP contribution is -2.42. The molecule has 2 unspecified atom stereocenters. The van der Waals surface area contributed by atoms with Crippen molar-refractivity contribution in [1.82, 2.24) is 10.3 Å². The fourth-order valence-corrected chi connectivity index (χ4v) is 1.92. The highest BCUT2D eigenvalue weighted by Gasteiger charge is 2.25. The minimum Gasteiger partial charge on any atom is -0.310 e. The predicted molar refractivity (Wildman–Crippen MR) is 58.0 cm³/mol. The van der Waals surface area contributed by atoms with Gasteiger partial charge in [-0.2, -0.15) is 0 Å². The zero-order valence-corrected chi connectivity index (χ0v) is 8.96. The van der Waals surface area contributed by atoms with Gasteiger partial charge in [-0.15, -0.1) is 0 Å². The molecule has 1 aliphatic rings. The number of nitrogens with one attached hydrogen (secondary N) is 1. The summed E-state index contributed by atoms with van der Waals surface area (Å²) in [5, 5.41) is 3.59. The molecule has 14 heavy (non-hydrogen) atoms. The van der Waals surface area contributed by atoms with E-state index in [1.54, 1.807) is 0 Å². The van der Waals surface area contributed by atoms with Gasteiger partial charge in [-0.05, 0) is 37.3 Å². The Bertz CT molecular complexity index is 309. The van der Waals surface area contributed by atoms with Crippen LogP contribution >= 0.6 is 0 Å². The Hall–Kier alpha value is -0.890. The number of hydrogen-bond acceptors (Lipinski definition) is 2. The molecule has 1 aromatic rings. The average molecular weight is 190 g/mol. The van der Waals surface area contributed by atoms with Crippen LogP contribution in [0.3, 0.4) is 0 Å². The second-order valence-electron chi connectivity index (χ2n) is 4.29. The van der Waals surface area contributed by atoms with E-state index in [4.69, 9.17) is 0 Å². The quantitative estimate of drug-likeness (QED) is 0.791. The van der Waals surface area contributed by atoms with Gasteiger partial charge < -0.3 is 5.32 Å². The van der Waals surface area contributed by atoms with E-state index in [1.165, 1.54) is 18.4 Å². The fraction of sp³-hybridized carbons (Fsp3) is 0.583. The Balaban J connectivity index is 1.88. The van der Waals surface area contributed by atoms with Gasteiger partial charge in [0.05, 0.1) is 0 Å². The first-order valence-corrected chi connectivity index (χ1v) is 5.41. The highest BCUT2D eigenvalue weighted by atomic mass is 14.9. The molecule has 0 radical (unpaired) electrons. The molecule has 0 aromatic carbocycles. The highest BCUT2D eigenvalue weighted by molar-refractivity contribution is 5.18. The molecule has 2 nitrogen and oxygen atoms in total. The lowest BCUT2D eigenvalue weighted by atomic mass is 9.81. The summed E-state index contributed by atoms with van der Waals surface area (Å²) in [6, 6.07) is 4.89. The Kier molecular flexibility index (Phi) is 2.82. The second kappa shape index (κ2) is 4.09. The van der Waals surface area contributed by atoms with Gasteiger partial charge in [0.25, 0.3) is 0 Å². The summed E-state index contributed by atoms with van der Waals surface area (Å²) >= 11 is 0. The minimum absolute atomic E-state index is 0.731. The molecular weight excluding hydrogens is 172 g/mol. The van der Waals surface area contributed by atoms with Crippen molar-refractivity contribution in [1.29, 1.82) is 0 Å². The number of aryl methyl sites for hydroxylation is 1. The Morgan fingerprint density at radius 2 is 2.36 bits per heavy atom. The largest absolute Gasteiger partial charge is 0.310 e. The van der Waals surface area contributed by atoms with Crippen molar-refractivity contribution in [2.45, 2.75) is 39.3 Å². The first kappa shape index (κ1) is 9.66. The molecule has 76 valence electrons. The van der Waals surface area contributed by atoms with Crippen LogP contribution < -0.4 is 5.32 Å². The summed E-state index contributed by atoms with van der Waals surface area (Å²) in [6.07, 6.45) is 4.56. The summed E-state index contributed by atoms with van der Waals surface area (Å²) in [6.45, 7) is 5.35. The van der Waals surface area contributed by atoms with Gasteiger partial charge in [0.15, 0.2) is 0 Å². The van der Waals surface area contributed by atoms with E-state index >= 15 is 0 Å². The molecule has 2 heteroatoms. The van der Waals surface area contributed by atoms with Gasteiger partial charge in [-0.25, -0.2) is 0 Å². The number of aromatic nitrogens is 1. The third-order valence-corrected chi connectivity index (χ3v) is 3.29. The van der Waals surface area contributed by atoms with Gasteiger partial charge in [-0.1, -0.05) is 13.0 Å². The zero-order valence-electron chi connectivity index (χ0n) is 8.96. The summed E-state index contributed by atoms with van der Waals surface area (Å²) in [5.41, 5.74) is 2.47. The van der Waals surface area contributed by atoms with Crippen LogP contribution in [-0.2, 0) is 6.54 Å². The maximum Gasteiger partial charge on any atom is 0.0417 e. The first-order chi connectivity index (χ1) is 6.77. The van der Waals surface area contributed by atoms with Crippen LogP contribution in [0.5, 0.6) is 0 Å². The standard InChI is InChI=1S/C12H18N2/c1-9-5-6-12(9)14-8-11-4-3-7-13-10(11)2/h3-4,7,9,12,14H,5-6,8H2,1-2H3. The number of hydrogen-bond donors (Lipinski definition) is 1. The van der Waals surface area contributed by atoms with Gasteiger partial charge in [0, 0.05) is 24.5 Å². The molecule has 0 bridgehead atoms. The monoisotopic (exact) mass is 190 g/mol. The number of rotatable bonds is 3. The lowest BCUT2D eigenvalue weighted by Gasteiger charge is -2.34. The van der Waals surface area contributed by atoms with Crippen LogP contribution in [0.1, 0.15) is 31.0 Å². The SMILES string of the molecule is Cc1ncccc1CNC1CCC1C. The summed E-state index contributed by atoms with van der Waals surface area (Å²) in [4.78, 5) is 4.28. The summed E-state index contributed by atoms with van der Waals surface area (Å²) in [5.74, 6) is 0.854. The third kappa shape index (κ3) is 1.95. The van der Waals surface area contributed by atoms with Crippen molar-refractivity contribution >= 4 is 0 Å². The second-order valence-corrected chi connectivity index (χ2v) is 4.29. The van der Waals surface area contributed by atoms with Crippen molar-refractivity contribution in [3.8, 4) is 0 Å². The van der Waals surface area contributed by atoms with E-state index in [9.17, 15) is 0 Å².